The van der Waals surface area contributed by atoms with Crippen LogP contribution in [-0.2, 0) is 5.75 Å². The van der Waals surface area contributed by atoms with E-state index in [0.717, 1.165) is 16.7 Å². The zero-order valence-corrected chi connectivity index (χ0v) is 11.0. The fourth-order valence-corrected chi connectivity index (χ4v) is 2.43. The third kappa shape index (κ3) is 3.23. The van der Waals surface area contributed by atoms with Crippen molar-refractivity contribution in [3.8, 4) is 0 Å². The van der Waals surface area contributed by atoms with Gasteiger partial charge in [0.2, 0.25) is 0 Å². The van der Waals surface area contributed by atoms with Crippen molar-refractivity contribution in [1.82, 2.24) is 9.97 Å². The van der Waals surface area contributed by atoms with Crippen molar-refractivity contribution in [2.45, 2.75) is 17.6 Å². The molecule has 6 heteroatoms. The summed E-state index contributed by atoms with van der Waals surface area (Å²) in [5.74, 6) is -0.324. The second-order valence-corrected chi connectivity index (χ2v) is 4.95. The number of rotatable bonds is 4. The summed E-state index contributed by atoms with van der Waals surface area (Å²) in [4.78, 5) is 29.7. The Morgan fingerprint density at radius 3 is 2.79 bits per heavy atom. The third-order valence-electron chi connectivity index (χ3n) is 2.54. The number of thioether (sulfide) groups is 1. The number of carbonyl (C=O) groups is 1. The number of nitrogens with zero attached hydrogens (tertiary/aromatic N) is 1. The first kappa shape index (κ1) is 13.4. The molecule has 2 aromatic rings. The molecule has 0 saturated carbocycles. The summed E-state index contributed by atoms with van der Waals surface area (Å²) in [7, 11) is 0. The average molecular weight is 276 g/mol. The predicted octanol–water partition coefficient (Wildman–Crippen LogP) is 2.07. The van der Waals surface area contributed by atoms with Gasteiger partial charge in [0.05, 0.1) is 5.75 Å². The molecule has 0 radical (unpaired) electrons. The lowest BCUT2D eigenvalue weighted by molar-refractivity contribution is 0.0694. The highest BCUT2D eigenvalue weighted by Crippen LogP contribution is 2.24. The SMILES string of the molecule is Cc1ccccc1SCc1ncc(C(=O)O)c(=O)[nH]1. The summed E-state index contributed by atoms with van der Waals surface area (Å²) in [5, 5.41) is 8.74. The van der Waals surface area contributed by atoms with Gasteiger partial charge in [-0.2, -0.15) is 0 Å². The van der Waals surface area contributed by atoms with Gasteiger partial charge in [0.15, 0.2) is 0 Å². The van der Waals surface area contributed by atoms with Crippen LogP contribution in [0.5, 0.6) is 0 Å². The monoisotopic (exact) mass is 276 g/mol. The zero-order valence-electron chi connectivity index (χ0n) is 10.2. The van der Waals surface area contributed by atoms with Crippen LogP contribution >= 0.6 is 11.8 Å². The highest BCUT2D eigenvalue weighted by molar-refractivity contribution is 7.98. The first-order valence-corrected chi connectivity index (χ1v) is 6.56. The smallest absolute Gasteiger partial charge is 0.342 e. The Morgan fingerprint density at radius 2 is 2.16 bits per heavy atom. The summed E-state index contributed by atoms with van der Waals surface area (Å²) in [6.07, 6.45) is 1.09. The molecule has 0 unspecified atom stereocenters. The second-order valence-electron chi connectivity index (χ2n) is 3.93. The summed E-state index contributed by atoms with van der Waals surface area (Å²) < 4.78 is 0. The number of benzene rings is 1. The lowest BCUT2D eigenvalue weighted by Gasteiger charge is -2.04. The number of carboxylic acids is 1. The molecule has 2 N–H and O–H groups in total. The quantitative estimate of drug-likeness (QED) is 0.835. The van der Waals surface area contributed by atoms with Crippen LogP contribution in [0, 0.1) is 6.92 Å². The van der Waals surface area contributed by atoms with Gasteiger partial charge in [0.1, 0.15) is 11.4 Å². The number of aromatic nitrogens is 2. The van der Waals surface area contributed by atoms with Gasteiger partial charge >= 0.3 is 5.97 Å². The molecule has 0 saturated heterocycles. The lowest BCUT2D eigenvalue weighted by Crippen LogP contribution is -2.19. The van der Waals surface area contributed by atoms with E-state index in [-0.39, 0.29) is 5.56 Å². The molecule has 1 heterocycles. The van der Waals surface area contributed by atoms with Gasteiger partial charge in [-0.05, 0) is 18.6 Å². The Hall–Kier alpha value is -2.08. The van der Waals surface area contributed by atoms with Crippen molar-refractivity contribution >= 4 is 17.7 Å². The standard InChI is InChI=1S/C13H12N2O3S/c1-8-4-2-3-5-10(8)19-7-11-14-6-9(13(17)18)12(16)15-11/h2-6H,7H2,1H3,(H,17,18)(H,14,15,16). The summed E-state index contributed by atoms with van der Waals surface area (Å²) >= 11 is 1.54. The Labute approximate surface area is 113 Å². The molecular weight excluding hydrogens is 264 g/mol. The van der Waals surface area contributed by atoms with Crippen LogP contribution in [0.3, 0.4) is 0 Å². The molecule has 0 spiro atoms. The van der Waals surface area contributed by atoms with Crippen molar-refractivity contribution < 1.29 is 9.90 Å². The predicted molar refractivity (Wildman–Crippen MR) is 72.6 cm³/mol. The first-order chi connectivity index (χ1) is 9.08. The molecule has 0 fully saturated rings. The Bertz CT molecular complexity index is 667. The van der Waals surface area contributed by atoms with Crippen LogP contribution in [0.2, 0.25) is 0 Å². The van der Waals surface area contributed by atoms with E-state index in [4.69, 9.17) is 5.11 Å². The normalized spacial score (nSPS) is 10.4. The van der Waals surface area contributed by atoms with Gasteiger partial charge in [0.25, 0.3) is 5.56 Å². The van der Waals surface area contributed by atoms with Crippen molar-refractivity contribution in [3.05, 3.63) is 57.8 Å². The molecule has 5 nitrogen and oxygen atoms in total. The number of aromatic amines is 1. The number of aromatic carboxylic acids is 1. The van der Waals surface area contributed by atoms with Gasteiger partial charge in [-0.25, -0.2) is 9.78 Å². The van der Waals surface area contributed by atoms with Crippen LogP contribution < -0.4 is 5.56 Å². The zero-order chi connectivity index (χ0) is 13.8. The Morgan fingerprint density at radius 1 is 1.42 bits per heavy atom. The summed E-state index contributed by atoms with van der Waals surface area (Å²) in [5.41, 5.74) is 0.185. The van der Waals surface area contributed by atoms with Crippen LogP contribution in [0.25, 0.3) is 0 Å². The fraction of sp³-hybridized carbons (Fsp3) is 0.154. The summed E-state index contributed by atoms with van der Waals surface area (Å²) in [6.45, 7) is 2.01. The maximum absolute atomic E-state index is 11.5. The highest BCUT2D eigenvalue weighted by atomic mass is 32.2. The van der Waals surface area contributed by atoms with E-state index in [1.807, 2.05) is 31.2 Å². The van der Waals surface area contributed by atoms with E-state index < -0.39 is 11.5 Å². The first-order valence-electron chi connectivity index (χ1n) is 5.58. The topological polar surface area (TPSA) is 83.0 Å². The number of hydrogen-bond donors (Lipinski definition) is 2. The van der Waals surface area contributed by atoms with Crippen LogP contribution in [0.15, 0.2) is 40.2 Å². The Balaban J connectivity index is 2.13. The van der Waals surface area contributed by atoms with E-state index >= 15 is 0 Å². The minimum absolute atomic E-state index is 0.343. The molecule has 0 bridgehead atoms. The van der Waals surface area contributed by atoms with Gasteiger partial charge in [-0.15, -0.1) is 11.8 Å². The van der Waals surface area contributed by atoms with Gasteiger partial charge in [0, 0.05) is 11.1 Å². The Kier molecular flexibility index (Phi) is 4.01. The lowest BCUT2D eigenvalue weighted by atomic mass is 10.2. The van der Waals surface area contributed by atoms with E-state index in [0.29, 0.717) is 11.6 Å². The third-order valence-corrected chi connectivity index (χ3v) is 3.73. The second kappa shape index (κ2) is 5.71. The maximum atomic E-state index is 11.5. The molecule has 2 rings (SSSR count). The molecular formula is C13H12N2O3S. The highest BCUT2D eigenvalue weighted by Gasteiger charge is 2.10. The summed E-state index contributed by atoms with van der Waals surface area (Å²) in [6, 6.07) is 7.90. The fourth-order valence-electron chi connectivity index (χ4n) is 1.52. The number of nitrogens with one attached hydrogen (secondary N) is 1. The van der Waals surface area contributed by atoms with Crippen LogP contribution in [0.4, 0.5) is 0 Å². The molecule has 98 valence electrons. The minimum atomic E-state index is -1.27. The molecule has 19 heavy (non-hydrogen) atoms. The van der Waals surface area contributed by atoms with Crippen molar-refractivity contribution in [1.29, 1.82) is 0 Å². The number of carboxylic acid groups (broad SMARTS) is 1. The van der Waals surface area contributed by atoms with Crippen LogP contribution in [-0.4, -0.2) is 21.0 Å². The number of H-pyrrole nitrogens is 1. The van der Waals surface area contributed by atoms with Gasteiger partial charge in [-0.3, -0.25) is 4.79 Å². The number of aryl methyl sites for hydroxylation is 1. The van der Waals surface area contributed by atoms with Gasteiger partial charge < -0.3 is 10.1 Å². The largest absolute Gasteiger partial charge is 0.477 e. The van der Waals surface area contributed by atoms with E-state index in [2.05, 4.69) is 9.97 Å². The maximum Gasteiger partial charge on any atom is 0.342 e. The van der Waals surface area contributed by atoms with Gasteiger partial charge in [-0.1, -0.05) is 18.2 Å². The molecule has 0 aliphatic rings. The number of hydrogen-bond acceptors (Lipinski definition) is 4. The molecule has 1 aromatic heterocycles. The van der Waals surface area contributed by atoms with E-state index in [9.17, 15) is 9.59 Å². The van der Waals surface area contributed by atoms with Crippen molar-refractivity contribution in [2.24, 2.45) is 0 Å². The van der Waals surface area contributed by atoms with Crippen LogP contribution in [0.1, 0.15) is 21.7 Å². The minimum Gasteiger partial charge on any atom is -0.477 e. The average Bonchev–Trinajstić information content (AvgIpc) is 2.37. The molecule has 1 aromatic carbocycles. The van der Waals surface area contributed by atoms with Crippen molar-refractivity contribution in [3.63, 3.8) is 0 Å². The van der Waals surface area contributed by atoms with Crippen molar-refractivity contribution in [2.75, 3.05) is 0 Å². The molecule has 0 aliphatic heterocycles. The van der Waals surface area contributed by atoms with E-state index in [1.165, 1.54) is 0 Å². The molecule has 0 amide bonds. The molecule has 0 aliphatic carbocycles. The molecule has 0 atom stereocenters. The van der Waals surface area contributed by atoms with E-state index in [1.54, 1.807) is 11.8 Å².